The second kappa shape index (κ2) is 6.05. The zero-order chi connectivity index (χ0) is 14.5. The molecule has 2 aromatic rings. The van der Waals surface area contributed by atoms with Gasteiger partial charge in [-0.2, -0.15) is 5.10 Å². The molecule has 0 aliphatic carbocycles. The molecule has 1 amide bonds. The number of carbonyl (C=O) groups is 2. The molecule has 0 radical (unpaired) electrons. The van der Waals surface area contributed by atoms with Crippen molar-refractivity contribution in [2.75, 3.05) is 6.54 Å². The van der Waals surface area contributed by atoms with Crippen LogP contribution < -0.4 is 5.32 Å². The van der Waals surface area contributed by atoms with Crippen molar-refractivity contribution in [3.8, 4) is 0 Å². The lowest BCUT2D eigenvalue weighted by atomic mass is 10.2. The van der Waals surface area contributed by atoms with E-state index in [9.17, 15) is 9.59 Å². The maximum Gasteiger partial charge on any atom is 0.308 e. The van der Waals surface area contributed by atoms with Gasteiger partial charge < -0.3 is 14.8 Å². The molecule has 0 aliphatic rings. The number of aromatic nitrogens is 2. The predicted octanol–water partition coefficient (Wildman–Crippen LogP) is 0.975. The lowest BCUT2D eigenvalue weighted by molar-refractivity contribution is -0.140. The van der Waals surface area contributed by atoms with Gasteiger partial charge in [-0.3, -0.25) is 14.3 Å². The van der Waals surface area contributed by atoms with Crippen LogP contribution in [0.25, 0.3) is 0 Å². The number of nitrogens with one attached hydrogen (secondary N) is 1. The summed E-state index contributed by atoms with van der Waals surface area (Å²) in [6.45, 7) is 2.02. The fourth-order valence-electron chi connectivity index (χ4n) is 1.56. The maximum atomic E-state index is 11.8. The molecule has 0 aromatic carbocycles. The van der Waals surface area contributed by atoms with Crippen molar-refractivity contribution < 1.29 is 19.1 Å². The summed E-state index contributed by atoms with van der Waals surface area (Å²) in [5.41, 5.74) is 0. The minimum atomic E-state index is -0.955. The Morgan fingerprint density at radius 1 is 1.50 bits per heavy atom. The fourth-order valence-corrected chi connectivity index (χ4v) is 1.56. The molecule has 20 heavy (non-hydrogen) atoms. The molecule has 0 fully saturated rings. The van der Waals surface area contributed by atoms with Gasteiger partial charge in [0.2, 0.25) is 0 Å². The molecule has 0 saturated carbocycles. The zero-order valence-electron chi connectivity index (χ0n) is 10.9. The average Bonchev–Trinajstić information content (AvgIpc) is 3.07. The van der Waals surface area contributed by atoms with Crippen molar-refractivity contribution in [1.82, 2.24) is 15.1 Å². The topological polar surface area (TPSA) is 97.4 Å². The standard InChI is InChI=1S/C13H15N3O4/c1-9(13(18)19)7-14-12(17)11-4-3-10(20-11)8-16-6-2-5-15-16/h2-6,9H,7-8H2,1H3,(H,14,17)(H,18,19). The van der Waals surface area contributed by atoms with Crippen molar-refractivity contribution in [2.24, 2.45) is 5.92 Å². The second-order valence-corrected chi connectivity index (χ2v) is 4.42. The summed E-state index contributed by atoms with van der Waals surface area (Å²) in [5.74, 6) is -1.26. The highest BCUT2D eigenvalue weighted by Crippen LogP contribution is 2.09. The maximum absolute atomic E-state index is 11.8. The number of carboxylic acids is 1. The average molecular weight is 277 g/mol. The van der Waals surface area contributed by atoms with E-state index in [1.54, 1.807) is 35.3 Å². The summed E-state index contributed by atoms with van der Waals surface area (Å²) in [6.07, 6.45) is 3.45. The Bertz CT molecular complexity index is 589. The summed E-state index contributed by atoms with van der Waals surface area (Å²) in [6, 6.07) is 5.04. The third-order valence-corrected chi connectivity index (χ3v) is 2.75. The van der Waals surface area contributed by atoms with E-state index in [0.717, 1.165) is 0 Å². The molecule has 0 aliphatic heterocycles. The van der Waals surface area contributed by atoms with Crippen LogP contribution in [0.4, 0.5) is 0 Å². The SMILES string of the molecule is CC(CNC(=O)c1ccc(Cn2cccn2)o1)C(=O)O. The van der Waals surface area contributed by atoms with Crippen LogP contribution in [0.3, 0.4) is 0 Å². The van der Waals surface area contributed by atoms with Crippen LogP contribution in [0.5, 0.6) is 0 Å². The van der Waals surface area contributed by atoms with E-state index >= 15 is 0 Å². The molecule has 106 valence electrons. The van der Waals surface area contributed by atoms with Crippen molar-refractivity contribution in [3.05, 3.63) is 42.1 Å². The van der Waals surface area contributed by atoms with E-state index in [1.165, 1.54) is 6.92 Å². The third-order valence-electron chi connectivity index (χ3n) is 2.75. The quantitative estimate of drug-likeness (QED) is 0.820. The first-order chi connectivity index (χ1) is 9.56. The number of amides is 1. The molecule has 2 rings (SSSR count). The second-order valence-electron chi connectivity index (χ2n) is 4.42. The highest BCUT2D eigenvalue weighted by Gasteiger charge is 2.15. The Morgan fingerprint density at radius 2 is 2.30 bits per heavy atom. The highest BCUT2D eigenvalue weighted by atomic mass is 16.4. The zero-order valence-corrected chi connectivity index (χ0v) is 10.9. The monoisotopic (exact) mass is 277 g/mol. The predicted molar refractivity (Wildman–Crippen MR) is 69.2 cm³/mol. The molecule has 7 nitrogen and oxygen atoms in total. The summed E-state index contributed by atoms with van der Waals surface area (Å²) in [4.78, 5) is 22.4. The van der Waals surface area contributed by atoms with Crippen molar-refractivity contribution >= 4 is 11.9 Å². The smallest absolute Gasteiger partial charge is 0.308 e. The van der Waals surface area contributed by atoms with Crippen LogP contribution in [0, 0.1) is 5.92 Å². The van der Waals surface area contributed by atoms with Gasteiger partial charge in [-0.05, 0) is 18.2 Å². The van der Waals surface area contributed by atoms with E-state index < -0.39 is 17.8 Å². The van der Waals surface area contributed by atoms with Crippen LogP contribution in [-0.2, 0) is 11.3 Å². The van der Waals surface area contributed by atoms with Gasteiger partial charge in [-0.1, -0.05) is 6.92 Å². The molecule has 1 unspecified atom stereocenters. The van der Waals surface area contributed by atoms with Gasteiger partial charge in [-0.15, -0.1) is 0 Å². The molecule has 7 heteroatoms. The van der Waals surface area contributed by atoms with Crippen LogP contribution in [-0.4, -0.2) is 33.3 Å². The number of carbonyl (C=O) groups excluding carboxylic acids is 1. The molecule has 2 aromatic heterocycles. The number of hydrogen-bond donors (Lipinski definition) is 2. The Morgan fingerprint density at radius 3 is 2.95 bits per heavy atom. The van der Waals surface area contributed by atoms with Gasteiger partial charge in [0, 0.05) is 18.9 Å². The van der Waals surface area contributed by atoms with Crippen molar-refractivity contribution in [2.45, 2.75) is 13.5 Å². The van der Waals surface area contributed by atoms with E-state index in [0.29, 0.717) is 12.3 Å². The van der Waals surface area contributed by atoms with Crippen molar-refractivity contribution in [3.63, 3.8) is 0 Å². The number of rotatable bonds is 6. The normalized spacial score (nSPS) is 12.1. The summed E-state index contributed by atoms with van der Waals surface area (Å²) >= 11 is 0. The van der Waals surface area contributed by atoms with Crippen LogP contribution in [0.1, 0.15) is 23.2 Å². The highest BCUT2D eigenvalue weighted by molar-refractivity contribution is 5.91. The Balaban J connectivity index is 1.91. The first-order valence-electron chi connectivity index (χ1n) is 6.13. The number of aliphatic carboxylic acids is 1. The molecular formula is C13H15N3O4. The molecule has 0 bridgehead atoms. The molecular weight excluding hydrogens is 262 g/mol. The van der Waals surface area contributed by atoms with E-state index in [-0.39, 0.29) is 12.3 Å². The first-order valence-corrected chi connectivity index (χ1v) is 6.13. The first kappa shape index (κ1) is 13.9. The number of nitrogens with zero attached hydrogens (tertiary/aromatic N) is 2. The largest absolute Gasteiger partial charge is 0.481 e. The molecule has 2 heterocycles. The van der Waals surface area contributed by atoms with Gasteiger partial charge in [0.1, 0.15) is 5.76 Å². The fraction of sp³-hybridized carbons (Fsp3) is 0.308. The van der Waals surface area contributed by atoms with Crippen LogP contribution in [0.2, 0.25) is 0 Å². The van der Waals surface area contributed by atoms with E-state index in [1.807, 2.05) is 0 Å². The summed E-state index contributed by atoms with van der Waals surface area (Å²) in [7, 11) is 0. The Hall–Kier alpha value is -2.57. The van der Waals surface area contributed by atoms with Crippen molar-refractivity contribution in [1.29, 1.82) is 0 Å². The summed E-state index contributed by atoms with van der Waals surface area (Å²) < 4.78 is 7.06. The van der Waals surface area contributed by atoms with Gasteiger partial charge >= 0.3 is 5.97 Å². The minimum Gasteiger partial charge on any atom is -0.481 e. The lowest BCUT2D eigenvalue weighted by Gasteiger charge is -2.06. The van der Waals surface area contributed by atoms with Gasteiger partial charge in [0.15, 0.2) is 5.76 Å². The molecule has 2 N–H and O–H groups in total. The summed E-state index contributed by atoms with van der Waals surface area (Å²) in [5, 5.41) is 15.3. The third kappa shape index (κ3) is 3.47. The Labute approximate surface area is 115 Å². The van der Waals surface area contributed by atoms with E-state index in [4.69, 9.17) is 9.52 Å². The lowest BCUT2D eigenvalue weighted by Crippen LogP contribution is -2.31. The molecule has 0 spiro atoms. The van der Waals surface area contributed by atoms with Crippen LogP contribution >= 0.6 is 0 Å². The van der Waals surface area contributed by atoms with Crippen LogP contribution in [0.15, 0.2) is 35.0 Å². The molecule has 0 saturated heterocycles. The van der Waals surface area contributed by atoms with Gasteiger partial charge in [0.25, 0.3) is 5.91 Å². The minimum absolute atomic E-state index is 0.0589. The van der Waals surface area contributed by atoms with Gasteiger partial charge in [0.05, 0.1) is 12.5 Å². The van der Waals surface area contributed by atoms with E-state index in [2.05, 4.69) is 10.4 Å². The number of furan rings is 1. The van der Waals surface area contributed by atoms with Gasteiger partial charge in [-0.25, -0.2) is 0 Å². The molecule has 1 atom stereocenters. The Kier molecular flexibility index (Phi) is 4.19. The number of carboxylic acid groups (broad SMARTS) is 1. The number of hydrogen-bond acceptors (Lipinski definition) is 4.